The van der Waals surface area contributed by atoms with Crippen LogP contribution in [-0.4, -0.2) is 27.2 Å². The zero-order valence-electron chi connectivity index (χ0n) is 9.78. The van der Waals surface area contributed by atoms with Crippen molar-refractivity contribution in [1.82, 2.24) is 0 Å². The van der Waals surface area contributed by atoms with Gasteiger partial charge in [0.05, 0.1) is 9.95 Å². The Morgan fingerprint density at radius 1 is 1.61 bits per heavy atom. The fraction of sp³-hybridized carbons (Fsp3) is 0.400. The molecule has 0 spiro atoms. The van der Waals surface area contributed by atoms with Crippen LogP contribution in [0.3, 0.4) is 0 Å². The first kappa shape index (κ1) is 14.8. The number of nitro benzene ring substituents is 1. The summed E-state index contributed by atoms with van der Waals surface area (Å²) < 4.78 is 24.3. The van der Waals surface area contributed by atoms with Crippen LogP contribution in [-0.2, 0) is 10.8 Å². The van der Waals surface area contributed by atoms with Gasteiger partial charge in [-0.1, -0.05) is 11.6 Å². The maximum absolute atomic E-state index is 13.3. The van der Waals surface area contributed by atoms with E-state index < -0.39 is 21.5 Å². The van der Waals surface area contributed by atoms with Crippen LogP contribution < -0.4 is 5.32 Å². The Labute approximate surface area is 111 Å². The summed E-state index contributed by atoms with van der Waals surface area (Å²) in [6, 6.07) is 1.64. The predicted octanol–water partition coefficient (Wildman–Crippen LogP) is 2.57. The number of rotatable bonds is 5. The molecule has 8 heteroatoms. The Bertz CT molecular complexity index is 498. The lowest BCUT2D eigenvalue weighted by molar-refractivity contribution is -0.384. The summed E-state index contributed by atoms with van der Waals surface area (Å²) in [4.78, 5) is 10.2. The van der Waals surface area contributed by atoms with E-state index in [1.807, 2.05) is 0 Å². The third-order valence-corrected chi connectivity index (χ3v) is 3.38. The molecule has 0 fully saturated rings. The van der Waals surface area contributed by atoms with Crippen molar-refractivity contribution in [3.63, 3.8) is 0 Å². The zero-order chi connectivity index (χ0) is 13.9. The van der Waals surface area contributed by atoms with Gasteiger partial charge in [-0.3, -0.25) is 14.3 Å². The minimum atomic E-state index is -1.05. The second-order valence-corrected chi connectivity index (χ2v) is 5.71. The summed E-state index contributed by atoms with van der Waals surface area (Å²) in [5.41, 5.74) is -0.282. The van der Waals surface area contributed by atoms with E-state index in [4.69, 9.17) is 11.6 Å². The van der Waals surface area contributed by atoms with Gasteiger partial charge in [-0.05, 0) is 6.92 Å². The van der Waals surface area contributed by atoms with Crippen molar-refractivity contribution in [2.75, 3.05) is 17.3 Å². The number of nitro groups is 1. The highest BCUT2D eigenvalue weighted by Gasteiger charge is 2.19. The molecule has 1 aromatic rings. The van der Waals surface area contributed by atoms with Gasteiger partial charge in [-0.2, -0.15) is 0 Å². The molecule has 0 saturated carbocycles. The third-order valence-electron chi connectivity index (χ3n) is 2.12. The molecular weight excluding hydrogens is 283 g/mol. The van der Waals surface area contributed by atoms with Crippen molar-refractivity contribution in [3.8, 4) is 0 Å². The molecule has 0 aliphatic carbocycles. The van der Waals surface area contributed by atoms with Gasteiger partial charge >= 0.3 is 0 Å². The van der Waals surface area contributed by atoms with Crippen molar-refractivity contribution >= 4 is 33.8 Å². The molecule has 0 heterocycles. The van der Waals surface area contributed by atoms with Gasteiger partial charge in [0.15, 0.2) is 0 Å². The van der Waals surface area contributed by atoms with Crippen LogP contribution >= 0.6 is 11.6 Å². The largest absolute Gasteiger partial charge is 0.376 e. The van der Waals surface area contributed by atoms with Crippen LogP contribution in [0.25, 0.3) is 0 Å². The Morgan fingerprint density at radius 2 is 2.22 bits per heavy atom. The third kappa shape index (κ3) is 3.92. The van der Waals surface area contributed by atoms with Gasteiger partial charge in [0.1, 0.15) is 11.5 Å². The minimum Gasteiger partial charge on any atom is -0.376 e. The molecule has 0 saturated heterocycles. The molecule has 0 aliphatic heterocycles. The number of nitrogens with zero attached hydrogens (tertiary/aromatic N) is 1. The maximum atomic E-state index is 13.3. The summed E-state index contributed by atoms with van der Waals surface area (Å²) in [7, 11) is -1.05. The van der Waals surface area contributed by atoms with Crippen LogP contribution in [0.2, 0.25) is 5.02 Å². The Morgan fingerprint density at radius 3 is 2.72 bits per heavy atom. The van der Waals surface area contributed by atoms with Gasteiger partial charge < -0.3 is 5.32 Å². The molecular formula is C10H12ClFN2O3S. The fourth-order valence-corrected chi connectivity index (χ4v) is 2.41. The van der Waals surface area contributed by atoms with E-state index in [0.717, 1.165) is 12.1 Å². The minimum absolute atomic E-state index is 0.0276. The van der Waals surface area contributed by atoms with Crippen molar-refractivity contribution in [3.05, 3.63) is 33.1 Å². The molecule has 1 N–H and O–H groups in total. The van der Waals surface area contributed by atoms with Gasteiger partial charge in [0.25, 0.3) is 5.69 Å². The Hall–Kier alpha value is -1.21. The fourth-order valence-electron chi connectivity index (χ4n) is 1.46. The van der Waals surface area contributed by atoms with E-state index in [1.165, 1.54) is 6.26 Å². The molecule has 1 rings (SSSR count). The highest BCUT2D eigenvalue weighted by molar-refractivity contribution is 7.84. The first-order chi connectivity index (χ1) is 8.31. The van der Waals surface area contributed by atoms with E-state index in [0.29, 0.717) is 5.75 Å². The molecule has 18 heavy (non-hydrogen) atoms. The van der Waals surface area contributed by atoms with Crippen molar-refractivity contribution in [2.24, 2.45) is 0 Å². The van der Waals surface area contributed by atoms with E-state index >= 15 is 0 Å². The highest BCUT2D eigenvalue weighted by Crippen LogP contribution is 2.30. The average molecular weight is 295 g/mol. The number of benzene rings is 1. The second kappa shape index (κ2) is 6.10. The lowest BCUT2D eigenvalue weighted by atomic mass is 10.2. The lowest BCUT2D eigenvalue weighted by Crippen LogP contribution is -2.22. The van der Waals surface area contributed by atoms with E-state index in [9.17, 15) is 18.7 Å². The van der Waals surface area contributed by atoms with Gasteiger partial charge in [0, 0.05) is 41.0 Å². The topological polar surface area (TPSA) is 72.2 Å². The van der Waals surface area contributed by atoms with Crippen molar-refractivity contribution in [1.29, 1.82) is 0 Å². The van der Waals surface area contributed by atoms with Gasteiger partial charge in [-0.15, -0.1) is 0 Å². The van der Waals surface area contributed by atoms with Crippen LogP contribution in [0.1, 0.15) is 6.92 Å². The van der Waals surface area contributed by atoms with Crippen LogP contribution in [0.5, 0.6) is 0 Å². The molecule has 0 radical (unpaired) electrons. The van der Waals surface area contributed by atoms with Crippen LogP contribution in [0, 0.1) is 15.9 Å². The summed E-state index contributed by atoms with van der Waals surface area (Å²) in [5, 5.41) is 13.3. The number of hydrogen-bond donors (Lipinski definition) is 1. The normalized spacial score (nSPS) is 14.0. The molecule has 2 atom stereocenters. The smallest absolute Gasteiger partial charge is 0.294 e. The molecule has 0 aromatic heterocycles. The summed E-state index contributed by atoms with van der Waals surface area (Å²) in [6.45, 7) is 1.71. The van der Waals surface area contributed by atoms with E-state index in [-0.39, 0.29) is 22.4 Å². The monoisotopic (exact) mass is 294 g/mol. The number of halogens is 2. The number of anilines is 1. The van der Waals surface area contributed by atoms with Crippen molar-refractivity contribution < 1.29 is 13.5 Å². The number of nitrogens with one attached hydrogen (secondary N) is 1. The van der Waals surface area contributed by atoms with E-state index in [1.54, 1.807) is 6.92 Å². The van der Waals surface area contributed by atoms with Crippen LogP contribution in [0.4, 0.5) is 15.8 Å². The average Bonchev–Trinajstić information content (AvgIpc) is 2.21. The van der Waals surface area contributed by atoms with Crippen LogP contribution in [0.15, 0.2) is 12.1 Å². The Kier molecular flexibility index (Phi) is 5.03. The molecule has 2 unspecified atom stereocenters. The van der Waals surface area contributed by atoms with Gasteiger partial charge in [-0.25, -0.2) is 4.39 Å². The predicted molar refractivity (Wildman–Crippen MR) is 70.1 cm³/mol. The van der Waals surface area contributed by atoms with Crippen molar-refractivity contribution in [2.45, 2.75) is 13.0 Å². The lowest BCUT2D eigenvalue weighted by Gasteiger charge is -2.14. The zero-order valence-corrected chi connectivity index (χ0v) is 11.3. The standard InChI is InChI=1S/C10H12ClFN2O3S/c1-6(5-18(2)17)13-9-4-8(12)7(11)3-10(9)14(15)16/h3-4,6,13H,5H2,1-2H3. The molecule has 100 valence electrons. The maximum Gasteiger partial charge on any atom is 0.294 e. The summed E-state index contributed by atoms with van der Waals surface area (Å²) in [6.07, 6.45) is 1.52. The first-order valence-electron chi connectivity index (χ1n) is 5.01. The molecule has 0 bridgehead atoms. The molecule has 0 aliphatic rings. The van der Waals surface area contributed by atoms with Gasteiger partial charge in [0.2, 0.25) is 0 Å². The molecule has 1 aromatic carbocycles. The quantitative estimate of drug-likeness (QED) is 0.669. The van der Waals surface area contributed by atoms with E-state index in [2.05, 4.69) is 5.32 Å². The Balaban J connectivity index is 3.03. The molecule has 0 amide bonds. The SMILES string of the molecule is CC(CS(C)=O)Nc1cc(F)c(Cl)cc1[N+](=O)[O-]. The first-order valence-corrected chi connectivity index (χ1v) is 7.11. The number of hydrogen-bond acceptors (Lipinski definition) is 4. The summed E-state index contributed by atoms with van der Waals surface area (Å²) in [5.74, 6) is -0.434. The summed E-state index contributed by atoms with van der Waals surface area (Å²) >= 11 is 5.49. The highest BCUT2D eigenvalue weighted by atomic mass is 35.5. The molecule has 5 nitrogen and oxygen atoms in total. The second-order valence-electron chi connectivity index (χ2n) is 3.83.